The minimum atomic E-state index is -0.427. The van der Waals surface area contributed by atoms with E-state index in [0.29, 0.717) is 6.54 Å². The Balaban J connectivity index is 1.79. The van der Waals surface area contributed by atoms with Crippen molar-refractivity contribution in [2.24, 2.45) is 5.92 Å². The summed E-state index contributed by atoms with van der Waals surface area (Å²) < 4.78 is 0. The highest BCUT2D eigenvalue weighted by Gasteiger charge is 2.40. The lowest BCUT2D eigenvalue weighted by Gasteiger charge is -2.02. The lowest BCUT2D eigenvalue weighted by Crippen LogP contribution is -2.35. The molecule has 2 fully saturated rings. The molecule has 1 aliphatic heterocycles. The first-order valence-electron chi connectivity index (χ1n) is 4.23. The molecule has 1 N–H and O–H groups in total. The molecule has 3 amide bonds. The second-order valence-electron chi connectivity index (χ2n) is 3.37. The number of rotatable bonds is 1. The number of urea groups is 1. The zero-order valence-corrected chi connectivity index (χ0v) is 6.99. The molecule has 1 heterocycles. The van der Waals surface area contributed by atoms with Crippen molar-refractivity contribution >= 4 is 11.9 Å². The lowest BCUT2D eigenvalue weighted by molar-refractivity contribution is -0.121. The predicted octanol–water partition coefficient (Wildman–Crippen LogP) is -0.160. The van der Waals surface area contributed by atoms with Crippen LogP contribution >= 0.6 is 0 Å². The molecule has 5 heteroatoms. The van der Waals surface area contributed by atoms with E-state index < -0.39 is 6.03 Å². The Morgan fingerprint density at radius 2 is 2.15 bits per heavy atom. The summed E-state index contributed by atoms with van der Waals surface area (Å²) in [5, 5.41) is 10.7. The van der Waals surface area contributed by atoms with Crippen LogP contribution in [0.15, 0.2) is 0 Å². The molecule has 0 aromatic carbocycles. The van der Waals surface area contributed by atoms with E-state index in [1.165, 1.54) is 4.90 Å². The molecular formula is C8H9N3O2. The van der Waals surface area contributed by atoms with Gasteiger partial charge in [0.05, 0.1) is 12.6 Å². The molecule has 2 aliphatic rings. The molecule has 0 radical (unpaired) electrons. The van der Waals surface area contributed by atoms with Crippen LogP contribution in [0.5, 0.6) is 0 Å². The number of hydrogen-bond donors (Lipinski definition) is 1. The molecule has 1 saturated carbocycles. The summed E-state index contributed by atoms with van der Waals surface area (Å²) in [5.74, 6) is -0.168. The third-order valence-corrected chi connectivity index (χ3v) is 2.20. The van der Waals surface area contributed by atoms with Crippen molar-refractivity contribution in [3.63, 3.8) is 0 Å². The summed E-state index contributed by atoms with van der Waals surface area (Å²) in [6, 6.07) is 1.19. The summed E-state index contributed by atoms with van der Waals surface area (Å²) >= 11 is 0. The van der Waals surface area contributed by atoms with Gasteiger partial charge in [-0.3, -0.25) is 10.1 Å². The lowest BCUT2D eigenvalue weighted by atomic mass is 10.4. The molecule has 1 saturated heterocycles. The molecule has 68 valence electrons. The van der Waals surface area contributed by atoms with Gasteiger partial charge in [-0.25, -0.2) is 4.79 Å². The molecule has 0 aromatic rings. The minimum absolute atomic E-state index is 0.0319. The van der Waals surface area contributed by atoms with Crippen LogP contribution in [0.25, 0.3) is 0 Å². The van der Waals surface area contributed by atoms with Crippen LogP contribution in [-0.4, -0.2) is 29.4 Å². The van der Waals surface area contributed by atoms with Gasteiger partial charge in [0.2, 0.25) is 5.91 Å². The van der Waals surface area contributed by atoms with Gasteiger partial charge in [-0.1, -0.05) is 0 Å². The first-order valence-corrected chi connectivity index (χ1v) is 4.23. The first-order chi connectivity index (χ1) is 6.22. The van der Waals surface area contributed by atoms with Crippen molar-refractivity contribution in [3.8, 4) is 6.07 Å². The van der Waals surface area contributed by atoms with Crippen molar-refractivity contribution in [1.82, 2.24) is 10.2 Å². The van der Waals surface area contributed by atoms with Crippen LogP contribution in [0, 0.1) is 17.2 Å². The summed E-state index contributed by atoms with van der Waals surface area (Å²) in [6.45, 7) is 0.445. The normalized spacial score (nSPS) is 24.8. The van der Waals surface area contributed by atoms with Gasteiger partial charge >= 0.3 is 6.03 Å². The van der Waals surface area contributed by atoms with Crippen molar-refractivity contribution in [3.05, 3.63) is 0 Å². The fraction of sp³-hybridized carbons (Fsp3) is 0.625. The number of carbonyl (C=O) groups is 2. The van der Waals surface area contributed by atoms with Crippen molar-refractivity contribution in [2.45, 2.75) is 18.9 Å². The highest BCUT2D eigenvalue weighted by Crippen LogP contribution is 2.29. The summed E-state index contributed by atoms with van der Waals surface area (Å²) in [5.41, 5.74) is 0. The first kappa shape index (κ1) is 8.05. The molecule has 1 aliphatic carbocycles. The van der Waals surface area contributed by atoms with E-state index in [1.807, 2.05) is 6.07 Å². The number of imide groups is 1. The van der Waals surface area contributed by atoms with Crippen molar-refractivity contribution < 1.29 is 9.59 Å². The van der Waals surface area contributed by atoms with Crippen LogP contribution in [0.2, 0.25) is 0 Å². The number of nitriles is 1. The Morgan fingerprint density at radius 3 is 2.62 bits per heavy atom. The summed E-state index contributed by atoms with van der Waals surface area (Å²) in [4.78, 5) is 23.6. The van der Waals surface area contributed by atoms with E-state index in [-0.39, 0.29) is 17.9 Å². The molecule has 0 bridgehead atoms. The molecule has 2 rings (SSSR count). The van der Waals surface area contributed by atoms with Gasteiger partial charge in [0.1, 0.15) is 6.04 Å². The van der Waals surface area contributed by atoms with Crippen molar-refractivity contribution in [1.29, 1.82) is 5.26 Å². The van der Waals surface area contributed by atoms with Gasteiger partial charge in [-0.2, -0.15) is 5.26 Å². The Hall–Kier alpha value is -1.57. The highest BCUT2D eigenvalue weighted by atomic mass is 16.2. The Morgan fingerprint density at radius 1 is 1.46 bits per heavy atom. The molecule has 13 heavy (non-hydrogen) atoms. The minimum Gasteiger partial charge on any atom is -0.303 e. The Kier molecular flexibility index (Phi) is 1.69. The number of hydrogen-bond acceptors (Lipinski definition) is 3. The van der Waals surface area contributed by atoms with E-state index in [9.17, 15) is 9.59 Å². The zero-order chi connectivity index (χ0) is 9.42. The highest BCUT2D eigenvalue weighted by molar-refractivity contribution is 5.97. The average Bonchev–Trinajstić information content (AvgIpc) is 2.98. The zero-order valence-electron chi connectivity index (χ0n) is 6.99. The van der Waals surface area contributed by atoms with Gasteiger partial charge in [0.25, 0.3) is 0 Å². The van der Waals surface area contributed by atoms with Crippen LogP contribution in [-0.2, 0) is 4.79 Å². The monoisotopic (exact) mass is 179 g/mol. The quantitative estimate of drug-likeness (QED) is 0.568. The van der Waals surface area contributed by atoms with Gasteiger partial charge in [-0.05, 0) is 12.8 Å². The number of nitrogens with one attached hydrogen (secondary N) is 1. The van der Waals surface area contributed by atoms with Gasteiger partial charge in [0, 0.05) is 5.92 Å². The molecule has 0 spiro atoms. The van der Waals surface area contributed by atoms with E-state index in [4.69, 9.17) is 5.26 Å². The SMILES string of the molecule is N#CC1CN1C(=O)NC(=O)C1CC1. The maximum atomic E-state index is 11.2. The average molecular weight is 179 g/mol. The van der Waals surface area contributed by atoms with E-state index in [0.717, 1.165) is 12.8 Å². The number of amides is 3. The number of nitrogens with zero attached hydrogens (tertiary/aromatic N) is 2. The van der Waals surface area contributed by atoms with Crippen LogP contribution in [0.4, 0.5) is 4.79 Å². The Bertz CT molecular complexity index is 303. The fourth-order valence-corrected chi connectivity index (χ4v) is 1.10. The van der Waals surface area contributed by atoms with Crippen LogP contribution in [0.3, 0.4) is 0 Å². The fourth-order valence-electron chi connectivity index (χ4n) is 1.10. The van der Waals surface area contributed by atoms with Gasteiger partial charge in [0.15, 0.2) is 0 Å². The standard InChI is InChI=1S/C8H9N3O2/c9-3-6-4-11(6)8(13)10-7(12)5-1-2-5/h5-6H,1-2,4H2,(H,10,12,13). The largest absolute Gasteiger partial charge is 0.325 e. The summed E-state index contributed by atoms with van der Waals surface area (Å²) in [6.07, 6.45) is 1.75. The van der Waals surface area contributed by atoms with Crippen LogP contribution < -0.4 is 5.32 Å². The maximum Gasteiger partial charge on any atom is 0.325 e. The van der Waals surface area contributed by atoms with Crippen LogP contribution in [0.1, 0.15) is 12.8 Å². The second kappa shape index (κ2) is 2.73. The third-order valence-electron chi connectivity index (χ3n) is 2.20. The van der Waals surface area contributed by atoms with E-state index >= 15 is 0 Å². The smallest absolute Gasteiger partial charge is 0.303 e. The van der Waals surface area contributed by atoms with E-state index in [1.54, 1.807) is 0 Å². The molecule has 1 unspecified atom stereocenters. The number of carbonyl (C=O) groups excluding carboxylic acids is 2. The molecule has 5 nitrogen and oxygen atoms in total. The summed E-state index contributed by atoms with van der Waals surface area (Å²) in [7, 11) is 0. The topological polar surface area (TPSA) is 73.0 Å². The van der Waals surface area contributed by atoms with Gasteiger partial charge in [-0.15, -0.1) is 0 Å². The molecule has 0 aromatic heterocycles. The van der Waals surface area contributed by atoms with E-state index in [2.05, 4.69) is 5.32 Å². The second-order valence-corrected chi connectivity index (χ2v) is 3.37. The van der Waals surface area contributed by atoms with Crippen molar-refractivity contribution in [2.75, 3.05) is 6.54 Å². The third kappa shape index (κ3) is 1.61. The maximum absolute atomic E-state index is 11.2. The van der Waals surface area contributed by atoms with Gasteiger partial charge < -0.3 is 4.90 Å². The Labute approximate surface area is 75.3 Å². The molecular weight excluding hydrogens is 170 g/mol. The predicted molar refractivity (Wildman–Crippen MR) is 42.4 cm³/mol. The molecule has 1 atom stereocenters.